The first-order valence-corrected chi connectivity index (χ1v) is 6.32. The van der Waals surface area contributed by atoms with Crippen molar-refractivity contribution in [1.29, 1.82) is 0 Å². The maximum atomic E-state index is 13.5. The summed E-state index contributed by atoms with van der Waals surface area (Å²) in [5, 5.41) is 4.45. The molecule has 2 aromatic carbocycles. The highest BCUT2D eigenvalue weighted by Gasteiger charge is 2.06. The molecule has 0 saturated carbocycles. The van der Waals surface area contributed by atoms with Gasteiger partial charge in [0.25, 0.3) is 0 Å². The second-order valence-electron chi connectivity index (χ2n) is 3.71. The van der Waals surface area contributed by atoms with Crippen LogP contribution in [0.1, 0.15) is 5.56 Å². The van der Waals surface area contributed by atoms with Gasteiger partial charge in [-0.1, -0.05) is 40.9 Å². The molecule has 5 heteroatoms. The summed E-state index contributed by atoms with van der Waals surface area (Å²) >= 11 is 17.7. The van der Waals surface area contributed by atoms with Crippen molar-refractivity contribution in [3.8, 4) is 0 Å². The SMILES string of the molecule is Fc1cccc(Cl)c1CNc1cc(Cl)cc(Cl)c1. The summed E-state index contributed by atoms with van der Waals surface area (Å²) in [5.74, 6) is -0.344. The van der Waals surface area contributed by atoms with Gasteiger partial charge >= 0.3 is 0 Å². The van der Waals surface area contributed by atoms with Crippen LogP contribution >= 0.6 is 34.8 Å². The molecule has 2 rings (SSSR count). The van der Waals surface area contributed by atoms with Crippen LogP contribution in [0.15, 0.2) is 36.4 Å². The fourth-order valence-electron chi connectivity index (χ4n) is 1.55. The third-order valence-electron chi connectivity index (χ3n) is 2.39. The van der Waals surface area contributed by atoms with Gasteiger partial charge in [0.15, 0.2) is 0 Å². The first-order chi connectivity index (χ1) is 8.56. The molecule has 0 aliphatic rings. The first-order valence-electron chi connectivity index (χ1n) is 5.19. The van der Waals surface area contributed by atoms with Crippen LogP contribution in [0.5, 0.6) is 0 Å². The van der Waals surface area contributed by atoms with Crippen LogP contribution in [0, 0.1) is 5.82 Å². The van der Waals surface area contributed by atoms with Crippen molar-refractivity contribution in [3.05, 3.63) is 62.8 Å². The highest BCUT2D eigenvalue weighted by Crippen LogP contribution is 2.24. The lowest BCUT2D eigenvalue weighted by Crippen LogP contribution is -2.02. The topological polar surface area (TPSA) is 12.0 Å². The van der Waals surface area contributed by atoms with Crippen molar-refractivity contribution < 1.29 is 4.39 Å². The number of rotatable bonds is 3. The minimum absolute atomic E-state index is 0.266. The average molecular weight is 305 g/mol. The van der Waals surface area contributed by atoms with E-state index >= 15 is 0 Å². The minimum atomic E-state index is -0.344. The standard InChI is InChI=1S/C13H9Cl3FN/c14-8-4-9(15)6-10(5-8)18-7-11-12(16)2-1-3-13(11)17/h1-6,18H,7H2. The van der Waals surface area contributed by atoms with Gasteiger partial charge in [-0.15, -0.1) is 0 Å². The van der Waals surface area contributed by atoms with Crippen LogP contribution in [-0.2, 0) is 6.54 Å². The highest BCUT2D eigenvalue weighted by atomic mass is 35.5. The van der Waals surface area contributed by atoms with E-state index in [0.29, 0.717) is 26.3 Å². The van der Waals surface area contributed by atoms with E-state index in [-0.39, 0.29) is 12.4 Å². The van der Waals surface area contributed by atoms with Crippen LogP contribution in [0.3, 0.4) is 0 Å². The Balaban J connectivity index is 2.16. The number of hydrogen-bond acceptors (Lipinski definition) is 1. The Morgan fingerprint density at radius 1 is 1.00 bits per heavy atom. The molecular weight excluding hydrogens is 296 g/mol. The predicted molar refractivity (Wildman–Crippen MR) is 75.2 cm³/mol. The Kier molecular flexibility index (Phi) is 4.33. The van der Waals surface area contributed by atoms with Gasteiger partial charge in [-0.05, 0) is 30.3 Å². The van der Waals surface area contributed by atoms with Crippen LogP contribution in [0.2, 0.25) is 15.1 Å². The van der Waals surface area contributed by atoms with Gasteiger partial charge in [-0.3, -0.25) is 0 Å². The molecule has 0 heterocycles. The summed E-state index contributed by atoms with van der Waals surface area (Å²) in [6, 6.07) is 9.63. The fraction of sp³-hybridized carbons (Fsp3) is 0.0769. The lowest BCUT2D eigenvalue weighted by molar-refractivity contribution is 0.613. The van der Waals surface area contributed by atoms with Gasteiger partial charge in [0, 0.05) is 32.9 Å². The van der Waals surface area contributed by atoms with E-state index in [1.807, 2.05) is 0 Å². The summed E-state index contributed by atoms with van der Waals surface area (Å²) in [5.41, 5.74) is 1.13. The van der Waals surface area contributed by atoms with E-state index in [1.54, 1.807) is 30.3 Å². The fourth-order valence-corrected chi connectivity index (χ4v) is 2.30. The molecule has 0 aromatic heterocycles. The molecule has 0 aliphatic heterocycles. The van der Waals surface area contributed by atoms with Crippen molar-refractivity contribution in [2.45, 2.75) is 6.54 Å². The second-order valence-corrected chi connectivity index (χ2v) is 4.99. The van der Waals surface area contributed by atoms with Gasteiger partial charge in [0.05, 0.1) is 0 Å². The molecule has 2 aromatic rings. The third-order valence-corrected chi connectivity index (χ3v) is 3.18. The summed E-state index contributed by atoms with van der Waals surface area (Å²) in [4.78, 5) is 0. The summed E-state index contributed by atoms with van der Waals surface area (Å²) in [7, 11) is 0. The van der Waals surface area contributed by atoms with Gasteiger partial charge < -0.3 is 5.32 Å². The van der Waals surface area contributed by atoms with Crippen LogP contribution in [0.25, 0.3) is 0 Å². The van der Waals surface area contributed by atoms with E-state index in [2.05, 4.69) is 5.32 Å². The lowest BCUT2D eigenvalue weighted by Gasteiger charge is -2.09. The molecule has 18 heavy (non-hydrogen) atoms. The number of hydrogen-bond donors (Lipinski definition) is 1. The number of nitrogens with one attached hydrogen (secondary N) is 1. The molecule has 0 radical (unpaired) electrons. The largest absolute Gasteiger partial charge is 0.381 e. The predicted octanol–water partition coefficient (Wildman–Crippen LogP) is 5.40. The summed E-state index contributed by atoms with van der Waals surface area (Å²) < 4.78 is 13.5. The molecule has 0 aliphatic carbocycles. The van der Waals surface area contributed by atoms with Gasteiger partial charge in [0.2, 0.25) is 0 Å². The minimum Gasteiger partial charge on any atom is -0.381 e. The first kappa shape index (κ1) is 13.5. The highest BCUT2D eigenvalue weighted by molar-refractivity contribution is 6.35. The molecule has 1 N–H and O–H groups in total. The quantitative estimate of drug-likeness (QED) is 0.800. The molecule has 94 valence electrons. The molecule has 0 bridgehead atoms. The average Bonchev–Trinajstić information content (AvgIpc) is 2.27. The Bertz CT molecular complexity index is 532. The van der Waals surface area contributed by atoms with E-state index < -0.39 is 0 Å². The maximum absolute atomic E-state index is 13.5. The van der Waals surface area contributed by atoms with Crippen LogP contribution < -0.4 is 5.32 Å². The summed E-state index contributed by atoms with van der Waals surface area (Å²) in [6.45, 7) is 0.266. The van der Waals surface area contributed by atoms with Crippen molar-refractivity contribution in [3.63, 3.8) is 0 Å². The van der Waals surface area contributed by atoms with Gasteiger partial charge in [0.1, 0.15) is 5.82 Å². The number of anilines is 1. The van der Waals surface area contributed by atoms with E-state index in [9.17, 15) is 4.39 Å². The zero-order valence-electron chi connectivity index (χ0n) is 9.18. The zero-order chi connectivity index (χ0) is 13.1. The molecule has 1 nitrogen and oxygen atoms in total. The van der Waals surface area contributed by atoms with Crippen LogP contribution in [0.4, 0.5) is 10.1 Å². The lowest BCUT2D eigenvalue weighted by atomic mass is 10.2. The Labute approximate surface area is 119 Å². The zero-order valence-corrected chi connectivity index (χ0v) is 11.5. The van der Waals surface area contributed by atoms with Gasteiger partial charge in [-0.25, -0.2) is 4.39 Å². The molecular formula is C13H9Cl3FN. The van der Waals surface area contributed by atoms with Crippen molar-refractivity contribution >= 4 is 40.5 Å². The van der Waals surface area contributed by atoms with Crippen molar-refractivity contribution in [1.82, 2.24) is 0 Å². The van der Waals surface area contributed by atoms with Gasteiger partial charge in [-0.2, -0.15) is 0 Å². The Morgan fingerprint density at radius 3 is 2.28 bits per heavy atom. The molecule has 0 fully saturated rings. The molecule has 0 saturated heterocycles. The molecule has 0 spiro atoms. The number of halogens is 4. The van der Waals surface area contributed by atoms with Crippen molar-refractivity contribution in [2.24, 2.45) is 0 Å². The third kappa shape index (κ3) is 3.29. The monoisotopic (exact) mass is 303 g/mol. The van der Waals surface area contributed by atoms with E-state index in [4.69, 9.17) is 34.8 Å². The molecule has 0 atom stereocenters. The number of benzene rings is 2. The maximum Gasteiger partial charge on any atom is 0.129 e. The molecule has 0 unspecified atom stereocenters. The normalized spacial score (nSPS) is 10.4. The Hall–Kier alpha value is -0.960. The molecule has 0 amide bonds. The van der Waals surface area contributed by atoms with Crippen LogP contribution in [-0.4, -0.2) is 0 Å². The Morgan fingerprint density at radius 2 is 1.67 bits per heavy atom. The summed E-state index contributed by atoms with van der Waals surface area (Å²) in [6.07, 6.45) is 0. The van der Waals surface area contributed by atoms with E-state index in [0.717, 1.165) is 0 Å². The van der Waals surface area contributed by atoms with E-state index in [1.165, 1.54) is 6.07 Å². The smallest absolute Gasteiger partial charge is 0.129 e. The van der Waals surface area contributed by atoms with Crippen molar-refractivity contribution in [2.75, 3.05) is 5.32 Å². The second kappa shape index (κ2) is 5.79.